The van der Waals surface area contributed by atoms with Crippen molar-refractivity contribution in [3.05, 3.63) is 76.7 Å². The molecule has 0 saturated carbocycles. The summed E-state index contributed by atoms with van der Waals surface area (Å²) in [5, 5.41) is 14.9. The van der Waals surface area contributed by atoms with Crippen LogP contribution >= 0.6 is 11.6 Å². The van der Waals surface area contributed by atoms with Crippen molar-refractivity contribution < 1.29 is 41.5 Å². The Morgan fingerprint density at radius 1 is 1.10 bits per heavy atom. The van der Waals surface area contributed by atoms with Crippen LogP contribution in [0.5, 0.6) is 11.5 Å². The van der Waals surface area contributed by atoms with Crippen molar-refractivity contribution in [3.8, 4) is 22.8 Å². The van der Waals surface area contributed by atoms with Gasteiger partial charge in [0.25, 0.3) is 0 Å². The summed E-state index contributed by atoms with van der Waals surface area (Å²) in [5.74, 6) is -2.14. The van der Waals surface area contributed by atoms with Gasteiger partial charge in [0, 0.05) is 44.7 Å². The molecule has 39 heavy (non-hydrogen) atoms. The SMILES string of the molecule is Cc1c(-c2noc3cc(Cl)ccc23)c2ccc(OC(F)(F)F)cc2n1Cc1cc(O[C@@H](C)C(=O)O)ccc1F. The van der Waals surface area contributed by atoms with E-state index in [1.165, 1.54) is 37.3 Å². The molecule has 0 bridgehead atoms. The highest BCUT2D eigenvalue weighted by Gasteiger charge is 2.32. The summed E-state index contributed by atoms with van der Waals surface area (Å²) >= 11 is 6.07. The fraction of sp³-hybridized carbons (Fsp3) is 0.185. The Bertz CT molecular complexity index is 1730. The number of hydrogen-bond donors (Lipinski definition) is 1. The Kier molecular flexibility index (Phi) is 6.63. The topological polar surface area (TPSA) is 86.7 Å². The maximum absolute atomic E-state index is 14.9. The van der Waals surface area contributed by atoms with E-state index in [9.17, 15) is 22.4 Å². The van der Waals surface area contributed by atoms with Gasteiger partial charge < -0.3 is 23.7 Å². The summed E-state index contributed by atoms with van der Waals surface area (Å²) < 4.78 is 70.5. The van der Waals surface area contributed by atoms with Gasteiger partial charge in [-0.2, -0.15) is 0 Å². The lowest BCUT2D eigenvalue weighted by Gasteiger charge is -2.14. The normalized spacial score (nSPS) is 12.7. The number of carboxylic acid groups (broad SMARTS) is 1. The van der Waals surface area contributed by atoms with Gasteiger partial charge in [-0.05, 0) is 56.3 Å². The lowest BCUT2D eigenvalue weighted by molar-refractivity contribution is -0.274. The number of aliphatic carboxylic acids is 1. The fourth-order valence-electron chi connectivity index (χ4n) is 4.42. The van der Waals surface area contributed by atoms with E-state index in [-0.39, 0.29) is 17.9 Å². The molecule has 5 aromatic rings. The third-order valence-corrected chi connectivity index (χ3v) is 6.44. The summed E-state index contributed by atoms with van der Waals surface area (Å²) in [4.78, 5) is 11.2. The molecule has 0 saturated heterocycles. The third-order valence-electron chi connectivity index (χ3n) is 6.21. The second-order valence-corrected chi connectivity index (χ2v) is 9.23. The number of halogens is 5. The standard InChI is InChI=1S/C27H19ClF4N2O5/c1-13-24(25-20-6-3-16(28)10-23(20)39-33-25)19-7-4-18(38-27(30,31)32)11-22(19)34(13)12-15-9-17(5-8-21(15)29)37-14(2)26(35)36/h3-11,14H,12H2,1-2H3,(H,35,36)/t14-/m0/s1. The quantitative estimate of drug-likeness (QED) is 0.209. The van der Waals surface area contributed by atoms with Crippen LogP contribution in [0.25, 0.3) is 33.1 Å². The van der Waals surface area contributed by atoms with Crippen LogP contribution in [0.15, 0.2) is 59.1 Å². The van der Waals surface area contributed by atoms with Crippen molar-refractivity contribution in [2.75, 3.05) is 0 Å². The van der Waals surface area contributed by atoms with E-state index in [1.54, 1.807) is 29.7 Å². The van der Waals surface area contributed by atoms with Crippen molar-refractivity contribution in [3.63, 3.8) is 0 Å². The first kappa shape index (κ1) is 26.4. The number of nitrogens with zero attached hydrogens (tertiary/aromatic N) is 2. The molecule has 1 atom stereocenters. The number of hydrogen-bond acceptors (Lipinski definition) is 5. The molecular weight excluding hydrogens is 544 g/mol. The number of fused-ring (bicyclic) bond motifs is 2. The van der Waals surface area contributed by atoms with E-state index in [2.05, 4.69) is 9.89 Å². The van der Waals surface area contributed by atoms with Gasteiger partial charge >= 0.3 is 12.3 Å². The number of benzene rings is 3. The Morgan fingerprint density at radius 2 is 1.82 bits per heavy atom. The molecule has 0 radical (unpaired) electrons. The molecule has 12 heteroatoms. The molecular formula is C27H19ClF4N2O5. The Labute approximate surface area is 223 Å². The maximum atomic E-state index is 14.9. The monoisotopic (exact) mass is 562 g/mol. The summed E-state index contributed by atoms with van der Waals surface area (Å²) in [5.41, 5.74) is 2.41. The number of carbonyl (C=O) groups is 1. The van der Waals surface area contributed by atoms with Crippen LogP contribution in [-0.2, 0) is 11.3 Å². The van der Waals surface area contributed by atoms with Crippen molar-refractivity contribution in [2.24, 2.45) is 0 Å². The summed E-state index contributed by atoms with van der Waals surface area (Å²) in [7, 11) is 0. The van der Waals surface area contributed by atoms with Gasteiger partial charge in [-0.25, -0.2) is 9.18 Å². The fourth-order valence-corrected chi connectivity index (χ4v) is 4.58. The van der Waals surface area contributed by atoms with Crippen molar-refractivity contribution >= 4 is 39.4 Å². The molecule has 0 amide bonds. The van der Waals surface area contributed by atoms with Gasteiger partial charge in [0.1, 0.15) is 23.0 Å². The number of alkyl halides is 3. The molecule has 202 valence electrons. The highest BCUT2D eigenvalue weighted by Crippen LogP contribution is 2.40. The minimum absolute atomic E-state index is 0.121. The van der Waals surface area contributed by atoms with Crippen LogP contribution in [0, 0.1) is 12.7 Å². The predicted octanol–water partition coefficient (Wildman–Crippen LogP) is 7.35. The minimum Gasteiger partial charge on any atom is -0.479 e. The number of carboxylic acids is 1. The Hall–Kier alpha value is -4.25. The van der Waals surface area contributed by atoms with Gasteiger partial charge in [0.15, 0.2) is 11.7 Å². The van der Waals surface area contributed by atoms with Crippen LogP contribution in [-0.4, -0.2) is 33.3 Å². The van der Waals surface area contributed by atoms with Crippen molar-refractivity contribution in [1.29, 1.82) is 0 Å². The van der Waals surface area contributed by atoms with Crippen molar-refractivity contribution in [1.82, 2.24) is 9.72 Å². The molecule has 7 nitrogen and oxygen atoms in total. The first-order valence-electron chi connectivity index (χ1n) is 11.5. The number of aromatic nitrogens is 2. The van der Waals surface area contributed by atoms with Gasteiger partial charge in [0.05, 0.1) is 12.1 Å². The average Bonchev–Trinajstić information content (AvgIpc) is 3.37. The number of ether oxygens (including phenoxy) is 2. The van der Waals surface area contributed by atoms with E-state index >= 15 is 0 Å². The molecule has 2 heterocycles. The minimum atomic E-state index is -4.91. The molecule has 0 aliphatic rings. The molecule has 0 fully saturated rings. The molecule has 1 N–H and O–H groups in total. The summed E-state index contributed by atoms with van der Waals surface area (Å²) in [6, 6.07) is 12.6. The smallest absolute Gasteiger partial charge is 0.479 e. The summed E-state index contributed by atoms with van der Waals surface area (Å²) in [6.07, 6.45) is -6.09. The van der Waals surface area contributed by atoms with Gasteiger partial charge in [-0.15, -0.1) is 13.2 Å². The Balaban J connectivity index is 1.68. The lowest BCUT2D eigenvalue weighted by atomic mass is 10.0. The maximum Gasteiger partial charge on any atom is 0.573 e. The third kappa shape index (κ3) is 5.22. The molecule has 5 rings (SSSR count). The zero-order valence-corrected chi connectivity index (χ0v) is 21.1. The number of rotatable bonds is 7. The van der Waals surface area contributed by atoms with E-state index in [0.717, 1.165) is 6.07 Å². The van der Waals surface area contributed by atoms with Crippen LogP contribution < -0.4 is 9.47 Å². The van der Waals surface area contributed by atoms with Crippen molar-refractivity contribution in [2.45, 2.75) is 32.9 Å². The van der Waals surface area contributed by atoms with E-state index in [1.807, 2.05) is 0 Å². The molecule has 0 unspecified atom stereocenters. The van der Waals surface area contributed by atoms with E-state index < -0.39 is 30.0 Å². The van der Waals surface area contributed by atoms with Gasteiger partial charge in [-0.1, -0.05) is 16.8 Å². The van der Waals surface area contributed by atoms with Crippen LogP contribution in [0.1, 0.15) is 18.2 Å². The zero-order valence-electron chi connectivity index (χ0n) is 20.3. The largest absolute Gasteiger partial charge is 0.573 e. The Morgan fingerprint density at radius 3 is 2.54 bits per heavy atom. The lowest BCUT2D eigenvalue weighted by Crippen LogP contribution is -2.23. The van der Waals surface area contributed by atoms with E-state index in [0.29, 0.717) is 43.8 Å². The predicted molar refractivity (Wildman–Crippen MR) is 135 cm³/mol. The second-order valence-electron chi connectivity index (χ2n) is 8.80. The second kappa shape index (κ2) is 9.81. The molecule has 0 spiro atoms. The van der Waals surface area contributed by atoms with Crippen LogP contribution in [0.4, 0.5) is 17.6 Å². The average molecular weight is 563 g/mol. The molecule has 3 aromatic carbocycles. The summed E-state index contributed by atoms with van der Waals surface area (Å²) in [6.45, 7) is 2.93. The van der Waals surface area contributed by atoms with E-state index in [4.69, 9.17) is 26.0 Å². The molecule has 0 aliphatic carbocycles. The first-order valence-corrected chi connectivity index (χ1v) is 11.9. The van der Waals surface area contributed by atoms with Gasteiger partial charge in [-0.3, -0.25) is 0 Å². The van der Waals surface area contributed by atoms with Crippen LogP contribution in [0.3, 0.4) is 0 Å². The molecule has 0 aliphatic heterocycles. The van der Waals surface area contributed by atoms with Gasteiger partial charge in [0.2, 0.25) is 0 Å². The van der Waals surface area contributed by atoms with Crippen LogP contribution in [0.2, 0.25) is 5.02 Å². The first-order chi connectivity index (χ1) is 18.4. The zero-order chi connectivity index (χ0) is 28.1. The highest BCUT2D eigenvalue weighted by atomic mass is 35.5. The highest BCUT2D eigenvalue weighted by molar-refractivity contribution is 6.31. The molecule has 2 aromatic heterocycles.